The van der Waals surface area contributed by atoms with E-state index in [0.29, 0.717) is 11.7 Å². The van der Waals surface area contributed by atoms with Crippen molar-refractivity contribution in [2.24, 2.45) is 11.8 Å². The van der Waals surface area contributed by atoms with Gasteiger partial charge in [0.2, 0.25) is 10.0 Å². The molecule has 0 saturated carbocycles. The molecule has 1 saturated heterocycles. The maximum atomic E-state index is 11.0. The molecule has 1 fully saturated rings. The van der Waals surface area contributed by atoms with Gasteiger partial charge >= 0.3 is 0 Å². The fourth-order valence-electron chi connectivity index (χ4n) is 1.59. The second-order valence-electron chi connectivity index (χ2n) is 3.60. The smallest absolute Gasteiger partial charge is 0.212 e. The van der Waals surface area contributed by atoms with Crippen molar-refractivity contribution in [3.05, 3.63) is 0 Å². The molecular weight excluding hydrogens is 162 g/mol. The molecule has 11 heavy (non-hydrogen) atoms. The van der Waals surface area contributed by atoms with Crippen LogP contribution in [0.1, 0.15) is 20.8 Å². The summed E-state index contributed by atoms with van der Waals surface area (Å²) in [5.74, 6) is 1.01. The summed E-state index contributed by atoms with van der Waals surface area (Å²) in [6, 6.07) is 0.111. The Morgan fingerprint density at radius 3 is 2.18 bits per heavy atom. The zero-order valence-corrected chi connectivity index (χ0v) is 7.98. The Kier molecular flexibility index (Phi) is 2.25. The minimum absolute atomic E-state index is 0.111. The third kappa shape index (κ3) is 1.93. The van der Waals surface area contributed by atoms with Gasteiger partial charge in [-0.05, 0) is 18.8 Å². The minimum Gasteiger partial charge on any atom is -0.212 e. The van der Waals surface area contributed by atoms with E-state index in [0.717, 1.165) is 0 Å². The fourth-order valence-corrected chi connectivity index (χ4v) is 3.60. The van der Waals surface area contributed by atoms with E-state index in [-0.39, 0.29) is 12.0 Å². The van der Waals surface area contributed by atoms with Crippen molar-refractivity contribution >= 4 is 10.0 Å². The van der Waals surface area contributed by atoms with Crippen LogP contribution in [0.15, 0.2) is 0 Å². The quantitative estimate of drug-likeness (QED) is 0.637. The first-order chi connectivity index (χ1) is 4.92. The molecule has 0 radical (unpaired) electrons. The van der Waals surface area contributed by atoms with Gasteiger partial charge in [-0.3, -0.25) is 0 Å². The zero-order valence-electron chi connectivity index (χ0n) is 7.16. The van der Waals surface area contributed by atoms with E-state index in [4.69, 9.17) is 0 Å². The fraction of sp³-hybridized carbons (Fsp3) is 1.00. The van der Waals surface area contributed by atoms with Crippen molar-refractivity contribution in [2.75, 3.05) is 5.75 Å². The first-order valence-electron chi connectivity index (χ1n) is 3.92. The maximum absolute atomic E-state index is 11.0. The standard InChI is InChI=1S/C7H15NO2S/c1-5(2)7-4-11(9,10)8-6(7)3/h5-8H,4H2,1-3H3/t6-,7+/m1/s1. The van der Waals surface area contributed by atoms with Gasteiger partial charge in [0, 0.05) is 6.04 Å². The van der Waals surface area contributed by atoms with Crippen molar-refractivity contribution < 1.29 is 8.42 Å². The van der Waals surface area contributed by atoms with Crippen LogP contribution in [0.3, 0.4) is 0 Å². The summed E-state index contributed by atoms with van der Waals surface area (Å²) in [5, 5.41) is 0. The highest BCUT2D eigenvalue weighted by molar-refractivity contribution is 7.89. The van der Waals surface area contributed by atoms with Crippen LogP contribution in [0, 0.1) is 11.8 Å². The molecule has 0 spiro atoms. The summed E-state index contributed by atoms with van der Waals surface area (Å²) < 4.78 is 24.7. The van der Waals surface area contributed by atoms with Gasteiger partial charge in [-0.25, -0.2) is 13.1 Å². The second-order valence-corrected chi connectivity index (χ2v) is 5.39. The highest BCUT2D eigenvalue weighted by atomic mass is 32.2. The molecule has 1 N–H and O–H groups in total. The highest BCUT2D eigenvalue weighted by Gasteiger charge is 2.35. The Morgan fingerprint density at radius 1 is 1.45 bits per heavy atom. The van der Waals surface area contributed by atoms with E-state index in [1.165, 1.54) is 0 Å². The molecule has 1 aliphatic rings. The Labute approximate surface area is 68.2 Å². The van der Waals surface area contributed by atoms with Crippen LogP contribution in [0.25, 0.3) is 0 Å². The summed E-state index contributed by atoms with van der Waals surface area (Å²) in [7, 11) is -2.94. The average molecular weight is 177 g/mol. The SMILES string of the molecule is CC(C)[C@@H]1CS(=O)(=O)N[C@@H]1C. The predicted molar refractivity (Wildman–Crippen MR) is 44.7 cm³/mol. The number of nitrogens with one attached hydrogen (secondary N) is 1. The summed E-state index contributed by atoms with van der Waals surface area (Å²) in [5.41, 5.74) is 0. The number of hydrogen-bond donors (Lipinski definition) is 1. The van der Waals surface area contributed by atoms with E-state index >= 15 is 0 Å². The molecule has 1 aliphatic heterocycles. The van der Waals surface area contributed by atoms with Crippen molar-refractivity contribution in [2.45, 2.75) is 26.8 Å². The van der Waals surface area contributed by atoms with Crippen LogP contribution in [-0.4, -0.2) is 20.2 Å². The van der Waals surface area contributed by atoms with E-state index in [9.17, 15) is 8.42 Å². The molecule has 0 aromatic heterocycles. The Morgan fingerprint density at radius 2 is 2.00 bits per heavy atom. The van der Waals surface area contributed by atoms with Gasteiger partial charge in [0.25, 0.3) is 0 Å². The van der Waals surface area contributed by atoms with Gasteiger partial charge in [-0.1, -0.05) is 13.8 Å². The van der Waals surface area contributed by atoms with Gasteiger partial charge in [0.05, 0.1) is 5.75 Å². The van der Waals surface area contributed by atoms with Crippen LogP contribution in [0.4, 0.5) is 0 Å². The van der Waals surface area contributed by atoms with E-state index in [2.05, 4.69) is 18.6 Å². The zero-order chi connectivity index (χ0) is 8.65. The maximum Gasteiger partial charge on any atom is 0.212 e. The third-order valence-electron chi connectivity index (χ3n) is 2.28. The van der Waals surface area contributed by atoms with Crippen LogP contribution in [0.5, 0.6) is 0 Å². The molecule has 2 atom stereocenters. The lowest BCUT2D eigenvalue weighted by Gasteiger charge is -2.16. The molecule has 0 aromatic carbocycles. The van der Waals surface area contributed by atoms with E-state index in [1.54, 1.807) is 0 Å². The predicted octanol–water partition coefficient (Wildman–Crippen LogP) is 0.580. The topological polar surface area (TPSA) is 46.2 Å². The average Bonchev–Trinajstić information content (AvgIpc) is 2.05. The molecule has 0 amide bonds. The summed E-state index contributed by atoms with van der Waals surface area (Å²) >= 11 is 0. The van der Waals surface area contributed by atoms with Crippen molar-refractivity contribution in [1.29, 1.82) is 0 Å². The largest absolute Gasteiger partial charge is 0.212 e. The molecule has 1 heterocycles. The molecule has 0 bridgehead atoms. The van der Waals surface area contributed by atoms with E-state index in [1.807, 2.05) is 6.92 Å². The van der Waals surface area contributed by atoms with Crippen molar-refractivity contribution in [1.82, 2.24) is 4.72 Å². The first kappa shape index (κ1) is 9.00. The first-order valence-corrected chi connectivity index (χ1v) is 5.57. The second kappa shape index (κ2) is 2.75. The van der Waals surface area contributed by atoms with Crippen LogP contribution in [0.2, 0.25) is 0 Å². The summed E-state index contributed by atoms with van der Waals surface area (Å²) in [6.07, 6.45) is 0. The molecule has 66 valence electrons. The third-order valence-corrected chi connectivity index (χ3v) is 3.83. The Bertz CT molecular complexity index is 233. The number of sulfonamides is 1. The normalized spacial score (nSPS) is 36.4. The lowest BCUT2D eigenvalue weighted by molar-refractivity contribution is 0.373. The molecule has 0 unspecified atom stereocenters. The van der Waals surface area contributed by atoms with Gasteiger partial charge in [0.15, 0.2) is 0 Å². The molecule has 1 rings (SSSR count). The number of rotatable bonds is 1. The molecule has 0 aliphatic carbocycles. The minimum atomic E-state index is -2.94. The Hall–Kier alpha value is -0.0900. The highest BCUT2D eigenvalue weighted by Crippen LogP contribution is 2.23. The van der Waals surface area contributed by atoms with Gasteiger partial charge < -0.3 is 0 Å². The molecule has 0 aromatic rings. The van der Waals surface area contributed by atoms with Crippen LogP contribution >= 0.6 is 0 Å². The molecular formula is C7H15NO2S. The molecule has 4 heteroatoms. The van der Waals surface area contributed by atoms with Gasteiger partial charge in [-0.15, -0.1) is 0 Å². The van der Waals surface area contributed by atoms with Crippen LogP contribution in [-0.2, 0) is 10.0 Å². The van der Waals surface area contributed by atoms with E-state index < -0.39 is 10.0 Å². The monoisotopic (exact) mass is 177 g/mol. The van der Waals surface area contributed by atoms with Gasteiger partial charge in [0.1, 0.15) is 0 Å². The number of hydrogen-bond acceptors (Lipinski definition) is 2. The van der Waals surface area contributed by atoms with Gasteiger partial charge in [-0.2, -0.15) is 0 Å². The van der Waals surface area contributed by atoms with Crippen molar-refractivity contribution in [3.63, 3.8) is 0 Å². The van der Waals surface area contributed by atoms with Crippen molar-refractivity contribution in [3.8, 4) is 0 Å². The lowest BCUT2D eigenvalue weighted by Crippen LogP contribution is -2.27. The van der Waals surface area contributed by atoms with Crippen LogP contribution < -0.4 is 4.72 Å². The lowest BCUT2D eigenvalue weighted by atomic mass is 9.92. The summed E-state index contributed by atoms with van der Waals surface area (Å²) in [6.45, 7) is 6.04. The summed E-state index contributed by atoms with van der Waals surface area (Å²) in [4.78, 5) is 0. The Balaban J connectivity index is 2.75. The molecule has 3 nitrogen and oxygen atoms in total.